The van der Waals surface area contributed by atoms with Crippen molar-refractivity contribution in [2.45, 2.75) is 26.8 Å². The number of benzene rings is 2. The molecule has 9 nitrogen and oxygen atoms in total. The van der Waals surface area contributed by atoms with Crippen LogP contribution in [0, 0.1) is 6.92 Å². The Morgan fingerprint density at radius 3 is 2.63 bits per heavy atom. The van der Waals surface area contributed by atoms with Crippen molar-refractivity contribution < 1.29 is 14.3 Å². The van der Waals surface area contributed by atoms with Gasteiger partial charge in [-0.15, -0.1) is 0 Å². The van der Waals surface area contributed by atoms with Crippen molar-refractivity contribution in [2.24, 2.45) is 0 Å². The molecular formula is C25H26N6O3S. The minimum absolute atomic E-state index is 0. The Bertz CT molecular complexity index is 1530. The van der Waals surface area contributed by atoms with Crippen LogP contribution in [0.1, 0.15) is 41.5 Å². The molecular weight excluding hydrogens is 464 g/mol. The molecule has 1 atom stereocenters. The topological polar surface area (TPSA) is 96.9 Å². The molecule has 35 heavy (non-hydrogen) atoms. The Kier molecular flexibility index (Phi) is 6.74. The molecule has 0 aliphatic heterocycles. The molecule has 0 unspecified atom stereocenters. The number of rotatable bonds is 6. The molecule has 3 aromatic heterocycles. The SMILES string of the molecule is CCOC(=O)c1cnn(-c2nc(OC)c3c(n2)c(C)nn3[C@@H](C)c2ccc3ccccc3c2)c1.S. The summed E-state index contributed by atoms with van der Waals surface area (Å²) in [6.07, 6.45) is 2.96. The summed E-state index contributed by atoms with van der Waals surface area (Å²) < 4.78 is 14.0. The van der Waals surface area contributed by atoms with Gasteiger partial charge in [-0.1, -0.05) is 36.4 Å². The van der Waals surface area contributed by atoms with E-state index < -0.39 is 5.97 Å². The molecule has 10 heteroatoms. The predicted octanol–water partition coefficient (Wildman–Crippen LogP) is 4.38. The monoisotopic (exact) mass is 490 g/mol. The summed E-state index contributed by atoms with van der Waals surface area (Å²) in [4.78, 5) is 21.3. The second kappa shape index (κ2) is 9.75. The summed E-state index contributed by atoms with van der Waals surface area (Å²) in [7, 11) is 1.56. The van der Waals surface area contributed by atoms with Gasteiger partial charge in [0.2, 0.25) is 5.88 Å². The summed E-state index contributed by atoms with van der Waals surface area (Å²) in [6, 6.07) is 14.6. The van der Waals surface area contributed by atoms with Crippen LogP contribution in [0.5, 0.6) is 5.88 Å². The highest BCUT2D eigenvalue weighted by Gasteiger charge is 2.22. The van der Waals surface area contributed by atoms with Gasteiger partial charge >= 0.3 is 5.97 Å². The first kappa shape index (κ1) is 24.2. The van der Waals surface area contributed by atoms with E-state index in [1.54, 1.807) is 14.0 Å². The first-order chi connectivity index (χ1) is 16.5. The van der Waals surface area contributed by atoms with Crippen molar-refractivity contribution in [3.05, 3.63) is 71.7 Å². The zero-order valence-corrected chi connectivity index (χ0v) is 20.9. The molecule has 2 aromatic carbocycles. The number of hydrogen-bond donors (Lipinski definition) is 0. The lowest BCUT2D eigenvalue weighted by atomic mass is 10.0. The maximum Gasteiger partial charge on any atom is 0.341 e. The number of carbonyl (C=O) groups excluding carboxylic acids is 1. The molecule has 5 aromatic rings. The first-order valence-electron chi connectivity index (χ1n) is 11.0. The Morgan fingerprint density at radius 2 is 1.89 bits per heavy atom. The number of nitrogens with zero attached hydrogens (tertiary/aromatic N) is 6. The van der Waals surface area contributed by atoms with E-state index in [0.717, 1.165) is 11.3 Å². The Labute approximate surface area is 209 Å². The zero-order valence-electron chi connectivity index (χ0n) is 19.9. The molecule has 0 aliphatic rings. The predicted molar refractivity (Wildman–Crippen MR) is 138 cm³/mol. The number of ether oxygens (including phenoxy) is 2. The number of methoxy groups -OCH3 is 1. The van der Waals surface area contributed by atoms with Crippen LogP contribution in [0.15, 0.2) is 54.9 Å². The van der Waals surface area contributed by atoms with Gasteiger partial charge in [-0.3, -0.25) is 4.68 Å². The van der Waals surface area contributed by atoms with Crippen molar-refractivity contribution >= 4 is 41.3 Å². The number of aromatic nitrogens is 6. The van der Waals surface area contributed by atoms with Crippen LogP contribution in [0.4, 0.5) is 0 Å². The smallest absolute Gasteiger partial charge is 0.341 e. The highest BCUT2D eigenvalue weighted by atomic mass is 32.1. The molecule has 5 rings (SSSR count). The fraction of sp³-hybridized carbons (Fsp3) is 0.240. The molecule has 0 fully saturated rings. The van der Waals surface area contributed by atoms with Crippen molar-refractivity contribution in [1.82, 2.24) is 29.5 Å². The molecule has 0 aliphatic carbocycles. The van der Waals surface area contributed by atoms with E-state index >= 15 is 0 Å². The maximum absolute atomic E-state index is 12.0. The lowest BCUT2D eigenvalue weighted by Crippen LogP contribution is -2.11. The normalized spacial score (nSPS) is 11.9. The Balaban J connectivity index is 0.00000289. The lowest BCUT2D eigenvalue weighted by molar-refractivity contribution is 0.0526. The minimum Gasteiger partial charge on any atom is -0.479 e. The molecule has 0 N–H and O–H groups in total. The minimum atomic E-state index is -0.449. The van der Waals surface area contributed by atoms with Gasteiger partial charge in [-0.25, -0.2) is 14.5 Å². The van der Waals surface area contributed by atoms with E-state index in [4.69, 9.17) is 19.6 Å². The van der Waals surface area contributed by atoms with Crippen LogP contribution in [0.3, 0.4) is 0 Å². The summed E-state index contributed by atoms with van der Waals surface area (Å²) in [5.74, 6) is 0.206. The lowest BCUT2D eigenvalue weighted by Gasteiger charge is -2.16. The highest BCUT2D eigenvalue weighted by molar-refractivity contribution is 7.59. The average Bonchev–Trinajstić information content (AvgIpc) is 3.48. The Hall–Kier alpha value is -3.92. The van der Waals surface area contributed by atoms with Crippen LogP contribution in [0.2, 0.25) is 0 Å². The fourth-order valence-corrected chi connectivity index (χ4v) is 4.03. The third-order valence-electron chi connectivity index (χ3n) is 5.78. The maximum atomic E-state index is 12.0. The second-order valence-corrected chi connectivity index (χ2v) is 7.94. The summed E-state index contributed by atoms with van der Waals surface area (Å²) >= 11 is 0. The number of hydrogen-bond acceptors (Lipinski definition) is 7. The summed E-state index contributed by atoms with van der Waals surface area (Å²) in [6.45, 7) is 6.02. The second-order valence-electron chi connectivity index (χ2n) is 7.94. The quantitative estimate of drug-likeness (QED) is 0.326. The van der Waals surface area contributed by atoms with Crippen molar-refractivity contribution in [3.63, 3.8) is 0 Å². The van der Waals surface area contributed by atoms with E-state index in [-0.39, 0.29) is 32.1 Å². The number of esters is 1. The summed E-state index contributed by atoms with van der Waals surface area (Å²) in [5, 5.41) is 11.4. The molecule has 3 heterocycles. The standard InChI is InChI=1S/C25H24N6O3.H2S/c1-5-34-24(32)20-13-26-30(14-20)25-27-21-15(2)29-31(22(21)23(28-25)33-4)16(3)18-11-10-17-8-6-7-9-19(17)12-18;/h6-14,16H,5H2,1-4H3;1H2/t16-;/m0./s1. The van der Waals surface area contributed by atoms with Crippen molar-refractivity contribution in [1.29, 1.82) is 0 Å². The molecule has 0 amide bonds. The largest absolute Gasteiger partial charge is 0.479 e. The van der Waals surface area contributed by atoms with E-state index in [9.17, 15) is 4.79 Å². The van der Waals surface area contributed by atoms with Gasteiger partial charge in [0.1, 0.15) is 11.0 Å². The van der Waals surface area contributed by atoms with Crippen LogP contribution in [-0.4, -0.2) is 49.2 Å². The third-order valence-corrected chi connectivity index (χ3v) is 5.78. The van der Waals surface area contributed by atoms with E-state index in [0.29, 0.717) is 22.5 Å². The van der Waals surface area contributed by atoms with E-state index in [2.05, 4.69) is 47.3 Å². The fourth-order valence-electron chi connectivity index (χ4n) is 4.03. The van der Waals surface area contributed by atoms with Crippen molar-refractivity contribution in [3.8, 4) is 11.8 Å². The molecule has 0 bridgehead atoms. The molecule has 0 saturated carbocycles. The van der Waals surface area contributed by atoms with Crippen LogP contribution < -0.4 is 4.74 Å². The van der Waals surface area contributed by atoms with E-state index in [1.807, 2.05) is 23.7 Å². The van der Waals surface area contributed by atoms with E-state index in [1.165, 1.54) is 27.8 Å². The van der Waals surface area contributed by atoms with Gasteiger partial charge in [-0.2, -0.15) is 28.7 Å². The van der Waals surface area contributed by atoms with Crippen molar-refractivity contribution in [2.75, 3.05) is 13.7 Å². The molecule has 0 radical (unpaired) electrons. The average molecular weight is 491 g/mol. The highest BCUT2D eigenvalue weighted by Crippen LogP contribution is 2.31. The Morgan fingerprint density at radius 1 is 1.11 bits per heavy atom. The van der Waals surface area contributed by atoms with Gasteiger partial charge in [0, 0.05) is 6.20 Å². The van der Waals surface area contributed by atoms with Gasteiger partial charge in [-0.05, 0) is 43.2 Å². The first-order valence-corrected chi connectivity index (χ1v) is 11.0. The molecule has 180 valence electrons. The van der Waals surface area contributed by atoms with Gasteiger partial charge in [0.25, 0.3) is 5.95 Å². The molecule has 0 saturated heterocycles. The van der Waals surface area contributed by atoms with Crippen LogP contribution in [-0.2, 0) is 4.74 Å². The zero-order chi connectivity index (χ0) is 23.8. The number of aryl methyl sites for hydroxylation is 1. The summed E-state index contributed by atoms with van der Waals surface area (Å²) in [5.41, 5.74) is 3.52. The van der Waals surface area contributed by atoms with Crippen LogP contribution >= 0.6 is 13.5 Å². The van der Waals surface area contributed by atoms with Gasteiger partial charge in [0.05, 0.1) is 37.2 Å². The van der Waals surface area contributed by atoms with Gasteiger partial charge < -0.3 is 9.47 Å². The number of fused-ring (bicyclic) bond motifs is 2. The number of carbonyl (C=O) groups is 1. The van der Waals surface area contributed by atoms with Gasteiger partial charge in [0.15, 0.2) is 0 Å². The van der Waals surface area contributed by atoms with Crippen LogP contribution in [0.25, 0.3) is 27.8 Å². The third kappa shape index (κ3) is 4.32. The molecule has 0 spiro atoms.